The molecule has 1 nitrogen and oxygen atoms in total. The summed E-state index contributed by atoms with van der Waals surface area (Å²) < 4.78 is 73.4. The second-order valence-corrected chi connectivity index (χ2v) is 2.52. The van der Waals surface area contributed by atoms with Crippen molar-refractivity contribution < 1.29 is 26.3 Å². The van der Waals surface area contributed by atoms with Crippen molar-refractivity contribution in [1.82, 2.24) is 0 Å². The summed E-state index contributed by atoms with van der Waals surface area (Å²) in [5.41, 5.74) is 0. The first-order chi connectivity index (χ1) is 5.70. The van der Waals surface area contributed by atoms with Crippen molar-refractivity contribution in [2.75, 3.05) is 0 Å². The van der Waals surface area contributed by atoms with Crippen LogP contribution < -0.4 is 0 Å². The molecule has 0 aromatic heterocycles. The maximum atomic E-state index is 12.3. The van der Waals surface area contributed by atoms with E-state index in [4.69, 9.17) is 0 Å². The van der Waals surface area contributed by atoms with Crippen LogP contribution in [0.4, 0.5) is 26.3 Å². The van der Waals surface area contributed by atoms with Crippen LogP contribution in [-0.2, 0) is 0 Å². The maximum Gasteiger partial charge on any atom is 0.413 e. The van der Waals surface area contributed by atoms with Crippen LogP contribution in [0.2, 0.25) is 0 Å². The molecule has 8 heteroatoms. The Labute approximate surface area is 72.7 Å². The Bertz CT molecular complexity index is 306. The van der Waals surface area contributed by atoms with Crippen molar-refractivity contribution in [3.8, 4) is 0 Å². The molecular formula is C5ClF6N. The lowest BCUT2D eigenvalue weighted by Crippen LogP contribution is -2.43. The van der Waals surface area contributed by atoms with E-state index >= 15 is 0 Å². The van der Waals surface area contributed by atoms with Gasteiger partial charge >= 0.3 is 12.0 Å². The molecule has 0 atom stereocenters. The van der Waals surface area contributed by atoms with Crippen LogP contribution in [0.5, 0.6) is 0 Å². The predicted octanol–water partition coefficient (Wildman–Crippen LogP) is 3.02. The Morgan fingerprint density at radius 2 is 1.54 bits per heavy atom. The van der Waals surface area contributed by atoms with Crippen molar-refractivity contribution in [1.29, 1.82) is 0 Å². The number of aliphatic imine (C=N–C) groups is 1. The first-order valence-corrected chi connectivity index (χ1v) is 3.15. The van der Waals surface area contributed by atoms with E-state index in [0.717, 1.165) is 0 Å². The molecule has 1 aliphatic rings. The average molecular weight is 224 g/mol. The van der Waals surface area contributed by atoms with Gasteiger partial charge in [0.1, 0.15) is 5.03 Å². The first kappa shape index (κ1) is 10.4. The van der Waals surface area contributed by atoms with E-state index in [9.17, 15) is 26.3 Å². The highest BCUT2D eigenvalue weighted by molar-refractivity contribution is 6.32. The van der Waals surface area contributed by atoms with Gasteiger partial charge in [-0.3, -0.25) is 0 Å². The summed E-state index contributed by atoms with van der Waals surface area (Å²) in [5, 5.41) is -2.18. The zero-order valence-corrected chi connectivity index (χ0v) is 6.35. The van der Waals surface area contributed by atoms with E-state index in [0.29, 0.717) is 0 Å². The molecular weight excluding hydrogens is 224 g/mol. The van der Waals surface area contributed by atoms with Gasteiger partial charge in [0.05, 0.1) is 0 Å². The minimum absolute atomic E-state index is 1.55. The van der Waals surface area contributed by atoms with Gasteiger partial charge < -0.3 is 0 Å². The maximum absolute atomic E-state index is 12.3. The Balaban J connectivity index is 3.32. The summed E-state index contributed by atoms with van der Waals surface area (Å²) in [6.07, 6.45) is 0. The zero-order chi connectivity index (χ0) is 10.4. The highest BCUT2D eigenvalue weighted by atomic mass is 35.5. The normalized spacial score (nSPS) is 25.9. The molecule has 0 fully saturated rings. The molecule has 0 aliphatic carbocycles. The Morgan fingerprint density at radius 3 is 2.00 bits per heavy atom. The third-order valence-corrected chi connectivity index (χ3v) is 1.67. The Kier molecular flexibility index (Phi) is 2.10. The molecule has 1 rings (SSSR count). The van der Waals surface area contributed by atoms with Crippen molar-refractivity contribution in [2.24, 2.45) is 4.99 Å². The van der Waals surface area contributed by atoms with Crippen LogP contribution in [0.1, 0.15) is 0 Å². The minimum Gasteiger partial charge on any atom is -0.200 e. The molecule has 0 unspecified atom stereocenters. The summed E-state index contributed by atoms with van der Waals surface area (Å²) in [4.78, 5) is 1.55. The van der Waals surface area contributed by atoms with E-state index in [1.807, 2.05) is 0 Å². The van der Waals surface area contributed by atoms with E-state index < -0.39 is 28.8 Å². The Morgan fingerprint density at radius 1 is 1.08 bits per heavy atom. The van der Waals surface area contributed by atoms with Gasteiger partial charge in [0.15, 0.2) is 5.83 Å². The molecule has 0 saturated carbocycles. The fraction of sp³-hybridized carbons (Fsp3) is 0.400. The lowest BCUT2D eigenvalue weighted by atomic mass is 10.2. The van der Waals surface area contributed by atoms with Crippen LogP contribution in [0.15, 0.2) is 15.9 Å². The third-order valence-electron chi connectivity index (χ3n) is 1.27. The highest BCUT2D eigenvalue weighted by Crippen LogP contribution is 2.47. The van der Waals surface area contributed by atoms with Gasteiger partial charge in [-0.15, -0.1) is 0 Å². The number of allylic oxidation sites excluding steroid dienone is 1. The third kappa shape index (κ3) is 1.31. The lowest BCUT2D eigenvalue weighted by molar-refractivity contribution is -0.179. The molecule has 0 aromatic carbocycles. The van der Waals surface area contributed by atoms with Gasteiger partial charge in [-0.25, -0.2) is 4.39 Å². The molecule has 13 heavy (non-hydrogen) atoms. The summed E-state index contributed by atoms with van der Waals surface area (Å²) >= 11 is 4.49. The second-order valence-electron chi connectivity index (χ2n) is 2.15. The minimum atomic E-state index is -5.05. The smallest absolute Gasteiger partial charge is 0.200 e. The summed E-state index contributed by atoms with van der Waals surface area (Å²) in [7, 11) is 0. The molecule has 0 spiro atoms. The summed E-state index contributed by atoms with van der Waals surface area (Å²) in [6.45, 7) is 0. The monoisotopic (exact) mass is 223 g/mol. The average Bonchev–Trinajstić information content (AvgIpc) is 1.98. The predicted molar refractivity (Wildman–Crippen MR) is 32.4 cm³/mol. The van der Waals surface area contributed by atoms with Gasteiger partial charge in [0, 0.05) is 0 Å². The molecule has 0 N–H and O–H groups in total. The van der Waals surface area contributed by atoms with Gasteiger partial charge in [0.25, 0.3) is 5.97 Å². The molecule has 74 valence electrons. The van der Waals surface area contributed by atoms with E-state index in [1.165, 1.54) is 0 Å². The number of dihydropyridines is 1. The lowest BCUT2D eigenvalue weighted by Gasteiger charge is -2.25. The first-order valence-electron chi connectivity index (χ1n) is 2.77. The van der Waals surface area contributed by atoms with Crippen LogP contribution in [-0.4, -0.2) is 17.9 Å². The molecule has 0 saturated heterocycles. The standard InChI is InChI=1S/C5ClF6N/c6-2-1(7)3(8)13-5(11,12)4(2,9)10. The van der Waals surface area contributed by atoms with Crippen LogP contribution in [0, 0.1) is 0 Å². The summed E-state index contributed by atoms with van der Waals surface area (Å²) in [6, 6.07) is -5.05. The van der Waals surface area contributed by atoms with Crippen molar-refractivity contribution in [3.63, 3.8) is 0 Å². The van der Waals surface area contributed by atoms with Crippen molar-refractivity contribution >= 4 is 17.6 Å². The van der Waals surface area contributed by atoms with E-state index in [2.05, 4.69) is 11.6 Å². The largest absolute Gasteiger partial charge is 0.413 e. The molecule has 0 amide bonds. The number of nitrogens with zero attached hydrogens (tertiary/aromatic N) is 1. The van der Waals surface area contributed by atoms with Crippen LogP contribution in [0.25, 0.3) is 0 Å². The number of hydrogen-bond donors (Lipinski definition) is 0. The molecule has 0 aromatic rings. The van der Waals surface area contributed by atoms with Gasteiger partial charge in [-0.2, -0.15) is 26.9 Å². The Hall–Kier alpha value is -0.720. The van der Waals surface area contributed by atoms with E-state index in [1.54, 1.807) is 4.99 Å². The summed E-state index contributed by atoms with van der Waals surface area (Å²) in [5.74, 6) is -9.60. The van der Waals surface area contributed by atoms with Gasteiger partial charge in [-0.1, -0.05) is 11.6 Å². The fourth-order valence-electron chi connectivity index (χ4n) is 0.603. The molecule has 1 aliphatic heterocycles. The number of halogens is 7. The van der Waals surface area contributed by atoms with Gasteiger partial charge in [0.2, 0.25) is 0 Å². The molecule has 1 heterocycles. The fourth-order valence-corrected chi connectivity index (χ4v) is 0.795. The SMILES string of the molecule is FC1=NC(F)(F)C(F)(F)C(Cl)=C1F. The molecule has 0 bridgehead atoms. The quantitative estimate of drug-likeness (QED) is 0.442. The van der Waals surface area contributed by atoms with Crippen molar-refractivity contribution in [3.05, 3.63) is 10.9 Å². The number of alkyl halides is 4. The number of rotatable bonds is 0. The number of hydrogen-bond acceptors (Lipinski definition) is 1. The van der Waals surface area contributed by atoms with E-state index in [-0.39, 0.29) is 0 Å². The van der Waals surface area contributed by atoms with Crippen LogP contribution >= 0.6 is 11.6 Å². The highest BCUT2D eigenvalue weighted by Gasteiger charge is 2.63. The molecule has 0 radical (unpaired) electrons. The topological polar surface area (TPSA) is 12.4 Å². The zero-order valence-electron chi connectivity index (χ0n) is 5.59. The second kappa shape index (κ2) is 2.63. The van der Waals surface area contributed by atoms with Crippen molar-refractivity contribution in [2.45, 2.75) is 12.0 Å². The van der Waals surface area contributed by atoms with Crippen LogP contribution in [0.3, 0.4) is 0 Å². The van der Waals surface area contributed by atoms with Gasteiger partial charge in [-0.05, 0) is 0 Å².